The minimum absolute atomic E-state index is 0.214. The first-order valence-electron chi connectivity index (χ1n) is 10.3. The number of H-pyrrole nitrogens is 1. The van der Waals surface area contributed by atoms with Gasteiger partial charge in [0.1, 0.15) is 11.9 Å². The van der Waals surface area contributed by atoms with E-state index >= 15 is 0 Å². The lowest BCUT2D eigenvalue weighted by Crippen LogP contribution is -2.39. The molecule has 1 N–H and O–H groups in total. The van der Waals surface area contributed by atoms with Crippen molar-refractivity contribution < 1.29 is 22.6 Å². The number of hydrogen-bond donors (Lipinski definition) is 1. The summed E-state index contributed by atoms with van der Waals surface area (Å²) >= 11 is 0. The van der Waals surface area contributed by atoms with Gasteiger partial charge in [-0.3, -0.25) is 5.10 Å². The van der Waals surface area contributed by atoms with Crippen LogP contribution in [-0.4, -0.2) is 46.5 Å². The Morgan fingerprint density at radius 3 is 2.53 bits per heavy atom. The van der Waals surface area contributed by atoms with Gasteiger partial charge in [-0.05, 0) is 50.2 Å². The van der Waals surface area contributed by atoms with Crippen molar-refractivity contribution in [2.45, 2.75) is 32.5 Å². The third kappa shape index (κ3) is 5.37. The summed E-state index contributed by atoms with van der Waals surface area (Å²) in [5.74, 6) is 1.08. The number of alkyl halides is 3. The van der Waals surface area contributed by atoms with E-state index in [4.69, 9.17) is 9.47 Å². The smallest absolute Gasteiger partial charge is 0.416 e. The maximum Gasteiger partial charge on any atom is 0.416 e. The molecule has 1 aromatic carbocycles. The molecule has 2 aromatic heterocycles. The molecule has 0 spiro atoms. The van der Waals surface area contributed by atoms with E-state index in [-0.39, 0.29) is 6.10 Å². The number of ether oxygens (including phenoxy) is 2. The second-order valence-electron chi connectivity index (χ2n) is 7.69. The number of hydrogen-bond acceptors (Lipinski definition) is 6. The Bertz CT molecular complexity index is 1030. The normalized spacial score (nSPS) is 16.9. The largest absolute Gasteiger partial charge is 0.493 e. The first-order chi connectivity index (χ1) is 15.3. The second kappa shape index (κ2) is 9.15. The molecule has 1 atom stereocenters. The molecule has 1 aliphatic rings. The summed E-state index contributed by atoms with van der Waals surface area (Å²) in [5, 5.41) is 7.35. The fourth-order valence-corrected chi connectivity index (χ4v) is 3.55. The van der Waals surface area contributed by atoms with Crippen LogP contribution in [0, 0.1) is 13.8 Å². The van der Waals surface area contributed by atoms with Gasteiger partial charge in [0.2, 0.25) is 5.95 Å². The summed E-state index contributed by atoms with van der Waals surface area (Å²) in [6.07, 6.45) is -4.04. The van der Waals surface area contributed by atoms with Crippen molar-refractivity contribution in [3.05, 3.63) is 64.7 Å². The number of halogens is 3. The fraction of sp³-hybridized carbons (Fsp3) is 0.409. The van der Waals surface area contributed by atoms with E-state index < -0.39 is 11.7 Å². The van der Waals surface area contributed by atoms with Gasteiger partial charge in [0, 0.05) is 30.0 Å². The van der Waals surface area contributed by atoms with Crippen LogP contribution in [0.4, 0.5) is 19.1 Å². The summed E-state index contributed by atoms with van der Waals surface area (Å²) in [6.45, 7) is 6.04. The van der Waals surface area contributed by atoms with E-state index in [9.17, 15) is 13.2 Å². The zero-order valence-electron chi connectivity index (χ0n) is 17.8. The molecule has 0 radical (unpaired) electrons. The first kappa shape index (κ1) is 22.1. The average molecular weight is 447 g/mol. The minimum Gasteiger partial charge on any atom is -0.493 e. The number of aromatic nitrogens is 4. The lowest BCUT2D eigenvalue weighted by atomic mass is 10.2. The van der Waals surface area contributed by atoms with Crippen LogP contribution >= 0.6 is 0 Å². The molecular weight excluding hydrogens is 423 g/mol. The van der Waals surface area contributed by atoms with E-state index in [2.05, 4.69) is 25.1 Å². The Hall–Kier alpha value is -3.14. The predicted molar refractivity (Wildman–Crippen MR) is 112 cm³/mol. The molecular formula is C22H24F3N5O2. The molecule has 32 heavy (non-hydrogen) atoms. The quantitative estimate of drug-likeness (QED) is 0.615. The van der Waals surface area contributed by atoms with Crippen LogP contribution in [0.15, 0.2) is 36.4 Å². The highest BCUT2D eigenvalue weighted by molar-refractivity contribution is 5.34. The molecule has 1 aliphatic heterocycles. The number of anilines is 1. The Kier molecular flexibility index (Phi) is 6.31. The van der Waals surface area contributed by atoms with Gasteiger partial charge in [-0.2, -0.15) is 18.3 Å². The Labute approximate surface area is 183 Å². The van der Waals surface area contributed by atoms with E-state index in [0.29, 0.717) is 44.4 Å². The van der Waals surface area contributed by atoms with Crippen LogP contribution in [0.2, 0.25) is 0 Å². The molecule has 0 saturated carbocycles. The van der Waals surface area contributed by atoms with E-state index in [1.165, 1.54) is 12.1 Å². The summed E-state index contributed by atoms with van der Waals surface area (Å²) < 4.78 is 49.4. The van der Waals surface area contributed by atoms with Crippen LogP contribution in [0.5, 0.6) is 5.75 Å². The van der Waals surface area contributed by atoms with Crippen molar-refractivity contribution in [3.8, 4) is 5.75 Å². The summed E-state index contributed by atoms with van der Waals surface area (Å²) in [6, 6.07) is 8.52. The second-order valence-corrected chi connectivity index (χ2v) is 7.69. The lowest BCUT2D eigenvalue weighted by molar-refractivity contribution is -0.137. The van der Waals surface area contributed by atoms with Crippen LogP contribution in [0.3, 0.4) is 0 Å². The van der Waals surface area contributed by atoms with Crippen molar-refractivity contribution in [1.82, 2.24) is 20.2 Å². The number of morpholine rings is 1. The van der Waals surface area contributed by atoms with Gasteiger partial charge in [-0.1, -0.05) is 0 Å². The van der Waals surface area contributed by atoms with Gasteiger partial charge in [0.05, 0.1) is 31.0 Å². The Morgan fingerprint density at radius 1 is 1.12 bits per heavy atom. The topological polar surface area (TPSA) is 76.2 Å². The number of aryl methyl sites for hydroxylation is 2. The number of nitrogens with zero attached hydrogens (tertiary/aromatic N) is 4. The van der Waals surface area contributed by atoms with Crippen LogP contribution in [0.25, 0.3) is 0 Å². The number of nitrogens with one attached hydrogen (secondary N) is 1. The molecule has 170 valence electrons. The van der Waals surface area contributed by atoms with Crippen LogP contribution in [0.1, 0.15) is 34.4 Å². The van der Waals surface area contributed by atoms with Crippen molar-refractivity contribution in [2.75, 3.05) is 31.2 Å². The summed E-state index contributed by atoms with van der Waals surface area (Å²) in [5.41, 5.74) is 2.78. The molecule has 1 saturated heterocycles. The number of aromatic amines is 1. The average Bonchev–Trinajstić information content (AvgIpc) is 3.22. The van der Waals surface area contributed by atoms with Gasteiger partial charge in [-0.25, -0.2) is 9.97 Å². The standard InChI is InChI=1S/C22H24F3N5O2/c1-14-11-15(2)27-21(26-14)30-8-10-32-20(13-30)19-12-17(28-29-19)7-9-31-18-5-3-16(4-6-18)22(23,24)25/h3-6,11-12,20H,7-10,13H2,1-2H3,(H,28,29). The molecule has 1 fully saturated rings. The van der Waals surface area contributed by atoms with Crippen molar-refractivity contribution in [1.29, 1.82) is 0 Å². The number of rotatable bonds is 6. The Morgan fingerprint density at radius 2 is 1.84 bits per heavy atom. The maximum atomic E-state index is 12.6. The van der Waals surface area contributed by atoms with Gasteiger partial charge >= 0.3 is 6.18 Å². The monoisotopic (exact) mass is 447 g/mol. The molecule has 10 heteroatoms. The third-order valence-electron chi connectivity index (χ3n) is 5.12. The minimum atomic E-state index is -4.36. The molecule has 7 nitrogen and oxygen atoms in total. The zero-order valence-corrected chi connectivity index (χ0v) is 17.8. The van der Waals surface area contributed by atoms with E-state index in [1.54, 1.807) is 0 Å². The van der Waals surface area contributed by atoms with Crippen LogP contribution in [-0.2, 0) is 17.3 Å². The van der Waals surface area contributed by atoms with E-state index in [0.717, 1.165) is 34.9 Å². The van der Waals surface area contributed by atoms with Gasteiger partial charge < -0.3 is 14.4 Å². The van der Waals surface area contributed by atoms with Crippen LogP contribution < -0.4 is 9.64 Å². The highest BCUT2D eigenvalue weighted by Crippen LogP contribution is 2.30. The molecule has 0 bridgehead atoms. The van der Waals surface area contributed by atoms with Gasteiger partial charge in [-0.15, -0.1) is 0 Å². The molecule has 4 rings (SSSR count). The molecule has 3 aromatic rings. The lowest BCUT2D eigenvalue weighted by Gasteiger charge is -2.32. The maximum absolute atomic E-state index is 12.6. The summed E-state index contributed by atoms with van der Waals surface area (Å²) in [7, 11) is 0. The highest BCUT2D eigenvalue weighted by atomic mass is 19.4. The van der Waals surface area contributed by atoms with Crippen molar-refractivity contribution in [3.63, 3.8) is 0 Å². The van der Waals surface area contributed by atoms with Crippen molar-refractivity contribution in [2.24, 2.45) is 0 Å². The van der Waals surface area contributed by atoms with Gasteiger partial charge in [0.15, 0.2) is 0 Å². The zero-order chi connectivity index (χ0) is 22.7. The highest BCUT2D eigenvalue weighted by Gasteiger charge is 2.30. The third-order valence-corrected chi connectivity index (χ3v) is 5.12. The fourth-order valence-electron chi connectivity index (χ4n) is 3.55. The molecule has 0 amide bonds. The molecule has 0 aliphatic carbocycles. The molecule has 3 heterocycles. The van der Waals surface area contributed by atoms with E-state index in [1.807, 2.05) is 26.0 Å². The Balaban J connectivity index is 1.32. The first-order valence-corrected chi connectivity index (χ1v) is 10.3. The SMILES string of the molecule is Cc1cc(C)nc(N2CCOC(c3cc(CCOc4ccc(C(F)(F)F)cc4)[nH]n3)C2)n1. The van der Waals surface area contributed by atoms with Crippen molar-refractivity contribution >= 4 is 5.95 Å². The number of benzene rings is 1. The predicted octanol–water partition coefficient (Wildman–Crippen LogP) is 4.03. The summed E-state index contributed by atoms with van der Waals surface area (Å²) in [4.78, 5) is 11.2. The van der Waals surface area contributed by atoms with Gasteiger partial charge in [0.25, 0.3) is 0 Å². The molecule has 1 unspecified atom stereocenters.